The maximum atomic E-state index is 12.0. The minimum Gasteiger partial charge on any atom is -0.399 e. The predicted octanol–water partition coefficient (Wildman–Crippen LogP) is 1.65. The maximum Gasteiger partial charge on any atom is 0.251 e. The Morgan fingerprint density at radius 3 is 2.48 bits per heavy atom. The lowest BCUT2D eigenvalue weighted by atomic mass is 10.1. The van der Waals surface area contributed by atoms with Crippen LogP contribution in [-0.4, -0.2) is 36.9 Å². The first-order chi connectivity index (χ1) is 10.1. The molecule has 3 N–H and O–H groups in total. The van der Waals surface area contributed by atoms with Gasteiger partial charge in [-0.25, -0.2) is 0 Å². The second kappa shape index (κ2) is 7.11. The van der Waals surface area contributed by atoms with Crippen LogP contribution in [0.4, 0.5) is 5.69 Å². The fraction of sp³-hybridized carbons (Fsp3) is 0.500. The molecular formula is C16H23N3O2. The van der Waals surface area contributed by atoms with E-state index in [1.54, 1.807) is 36.2 Å². The number of nitrogens with two attached hydrogens (primary N) is 1. The smallest absolute Gasteiger partial charge is 0.251 e. The molecule has 0 aliphatic heterocycles. The molecule has 1 aliphatic rings. The fourth-order valence-corrected chi connectivity index (χ4v) is 2.71. The number of hydrogen-bond donors (Lipinski definition) is 2. The molecule has 0 saturated heterocycles. The summed E-state index contributed by atoms with van der Waals surface area (Å²) in [5, 5.41) is 2.65. The number of carbonyl (C=O) groups is 2. The molecule has 5 nitrogen and oxygen atoms in total. The van der Waals surface area contributed by atoms with Gasteiger partial charge in [0.25, 0.3) is 5.91 Å². The summed E-state index contributed by atoms with van der Waals surface area (Å²) < 4.78 is 0. The van der Waals surface area contributed by atoms with E-state index in [9.17, 15) is 9.59 Å². The number of hydrogen-bond acceptors (Lipinski definition) is 3. The largest absolute Gasteiger partial charge is 0.399 e. The van der Waals surface area contributed by atoms with Crippen LogP contribution in [0, 0.1) is 5.92 Å². The first-order valence-electron chi connectivity index (χ1n) is 7.44. The topological polar surface area (TPSA) is 75.4 Å². The summed E-state index contributed by atoms with van der Waals surface area (Å²) in [5.41, 5.74) is 6.69. The summed E-state index contributed by atoms with van der Waals surface area (Å²) in [6.45, 7) is 0.822. The number of nitrogens with zero attached hydrogens (tertiary/aromatic N) is 1. The van der Waals surface area contributed by atoms with Gasteiger partial charge in [-0.1, -0.05) is 12.8 Å². The molecule has 1 aliphatic carbocycles. The Morgan fingerprint density at radius 2 is 1.86 bits per heavy atom. The summed E-state index contributed by atoms with van der Waals surface area (Å²) in [6, 6.07) is 6.64. The summed E-state index contributed by atoms with van der Waals surface area (Å²) >= 11 is 0. The predicted molar refractivity (Wildman–Crippen MR) is 82.8 cm³/mol. The van der Waals surface area contributed by atoms with Crippen molar-refractivity contribution in [1.29, 1.82) is 0 Å². The molecule has 2 rings (SSSR count). The van der Waals surface area contributed by atoms with Gasteiger partial charge in [-0.15, -0.1) is 0 Å². The van der Waals surface area contributed by atoms with E-state index in [-0.39, 0.29) is 18.4 Å². The van der Waals surface area contributed by atoms with Crippen molar-refractivity contribution in [3.63, 3.8) is 0 Å². The highest BCUT2D eigenvalue weighted by Crippen LogP contribution is 2.25. The van der Waals surface area contributed by atoms with Crippen LogP contribution < -0.4 is 11.1 Å². The molecule has 1 aromatic carbocycles. The Balaban J connectivity index is 1.77. The van der Waals surface area contributed by atoms with E-state index in [1.807, 2.05) is 0 Å². The highest BCUT2D eigenvalue weighted by atomic mass is 16.2. The van der Waals surface area contributed by atoms with Crippen LogP contribution in [0.1, 0.15) is 36.0 Å². The van der Waals surface area contributed by atoms with Gasteiger partial charge in [0, 0.05) is 24.8 Å². The normalized spacial score (nSPS) is 14.9. The molecule has 0 aromatic heterocycles. The molecular weight excluding hydrogens is 266 g/mol. The molecule has 114 valence electrons. The zero-order valence-corrected chi connectivity index (χ0v) is 12.5. The molecule has 5 heteroatoms. The van der Waals surface area contributed by atoms with Gasteiger partial charge in [0.05, 0.1) is 6.54 Å². The quantitative estimate of drug-likeness (QED) is 0.809. The van der Waals surface area contributed by atoms with E-state index in [0.717, 1.165) is 6.54 Å². The fourth-order valence-electron chi connectivity index (χ4n) is 2.71. The lowest BCUT2D eigenvalue weighted by molar-refractivity contribution is -0.129. The third-order valence-corrected chi connectivity index (χ3v) is 4.01. The Bertz CT molecular complexity index is 493. The molecule has 21 heavy (non-hydrogen) atoms. The molecule has 1 aromatic rings. The van der Waals surface area contributed by atoms with Crippen molar-refractivity contribution in [3.8, 4) is 0 Å². The number of nitrogen functional groups attached to an aromatic ring is 1. The molecule has 0 bridgehead atoms. The molecule has 0 atom stereocenters. The first kappa shape index (κ1) is 15.4. The number of carbonyl (C=O) groups excluding carboxylic acids is 2. The first-order valence-corrected chi connectivity index (χ1v) is 7.44. The average Bonchev–Trinajstić information content (AvgIpc) is 2.98. The third kappa shape index (κ3) is 4.48. The van der Waals surface area contributed by atoms with Crippen LogP contribution in [0.15, 0.2) is 24.3 Å². The minimum atomic E-state index is -0.252. The Hall–Kier alpha value is -2.04. The molecule has 0 spiro atoms. The minimum absolute atomic E-state index is 0.0342. The maximum absolute atomic E-state index is 12.0. The number of amides is 2. The summed E-state index contributed by atoms with van der Waals surface area (Å²) in [7, 11) is 1.80. The Morgan fingerprint density at radius 1 is 1.24 bits per heavy atom. The Labute approximate surface area is 125 Å². The second-order valence-electron chi connectivity index (χ2n) is 5.73. The lowest BCUT2D eigenvalue weighted by Gasteiger charge is -2.21. The van der Waals surface area contributed by atoms with Gasteiger partial charge in [-0.05, 0) is 43.0 Å². The number of likely N-dealkylation sites (N-methyl/N-ethyl adjacent to an activating group) is 1. The number of nitrogens with one attached hydrogen (secondary N) is 1. The number of benzene rings is 1. The number of rotatable bonds is 5. The average molecular weight is 289 g/mol. The van der Waals surface area contributed by atoms with Gasteiger partial charge in [0.2, 0.25) is 5.91 Å². The molecule has 0 unspecified atom stereocenters. The highest BCUT2D eigenvalue weighted by Gasteiger charge is 2.19. The number of anilines is 1. The third-order valence-electron chi connectivity index (χ3n) is 4.01. The van der Waals surface area contributed by atoms with Crippen molar-refractivity contribution in [2.75, 3.05) is 25.9 Å². The molecule has 1 fully saturated rings. The monoisotopic (exact) mass is 289 g/mol. The molecule has 1 saturated carbocycles. The zero-order chi connectivity index (χ0) is 15.2. The molecule has 2 amide bonds. The van der Waals surface area contributed by atoms with Gasteiger partial charge in [-0.3, -0.25) is 9.59 Å². The van der Waals surface area contributed by atoms with E-state index in [2.05, 4.69) is 5.32 Å². The van der Waals surface area contributed by atoms with Gasteiger partial charge >= 0.3 is 0 Å². The lowest BCUT2D eigenvalue weighted by Crippen LogP contribution is -2.39. The SMILES string of the molecule is CN(CC1CCCC1)C(=O)CNC(=O)c1ccc(N)cc1. The van der Waals surface area contributed by atoms with Gasteiger partial charge in [0.1, 0.15) is 0 Å². The summed E-state index contributed by atoms with van der Waals surface area (Å²) in [6.07, 6.45) is 4.94. The van der Waals surface area contributed by atoms with E-state index < -0.39 is 0 Å². The Kier molecular flexibility index (Phi) is 5.20. The van der Waals surface area contributed by atoms with E-state index >= 15 is 0 Å². The molecule has 0 heterocycles. The highest BCUT2D eigenvalue weighted by molar-refractivity contribution is 5.96. The van der Waals surface area contributed by atoms with Crippen LogP contribution in [-0.2, 0) is 4.79 Å². The van der Waals surface area contributed by atoms with Crippen LogP contribution in [0.5, 0.6) is 0 Å². The van der Waals surface area contributed by atoms with E-state index in [4.69, 9.17) is 5.73 Å². The van der Waals surface area contributed by atoms with Gasteiger partial charge in [0.15, 0.2) is 0 Å². The van der Waals surface area contributed by atoms with Crippen LogP contribution >= 0.6 is 0 Å². The van der Waals surface area contributed by atoms with Crippen molar-refractivity contribution in [2.24, 2.45) is 5.92 Å². The van der Waals surface area contributed by atoms with Crippen LogP contribution in [0.2, 0.25) is 0 Å². The van der Waals surface area contributed by atoms with Crippen molar-refractivity contribution in [2.45, 2.75) is 25.7 Å². The van der Waals surface area contributed by atoms with Gasteiger partial charge in [-0.2, -0.15) is 0 Å². The van der Waals surface area contributed by atoms with Crippen molar-refractivity contribution in [1.82, 2.24) is 10.2 Å². The van der Waals surface area contributed by atoms with Crippen LogP contribution in [0.3, 0.4) is 0 Å². The van der Waals surface area contributed by atoms with Crippen molar-refractivity contribution < 1.29 is 9.59 Å². The van der Waals surface area contributed by atoms with E-state index in [1.165, 1.54) is 25.7 Å². The van der Waals surface area contributed by atoms with Crippen molar-refractivity contribution in [3.05, 3.63) is 29.8 Å². The molecule has 0 radical (unpaired) electrons. The zero-order valence-electron chi connectivity index (χ0n) is 12.5. The van der Waals surface area contributed by atoms with Gasteiger partial charge < -0.3 is 16.0 Å². The van der Waals surface area contributed by atoms with Crippen LogP contribution in [0.25, 0.3) is 0 Å². The summed E-state index contributed by atoms with van der Waals surface area (Å²) in [4.78, 5) is 25.6. The second-order valence-corrected chi connectivity index (χ2v) is 5.73. The van der Waals surface area contributed by atoms with E-state index in [0.29, 0.717) is 17.2 Å². The van der Waals surface area contributed by atoms with Crippen molar-refractivity contribution >= 4 is 17.5 Å². The summed E-state index contributed by atoms with van der Waals surface area (Å²) in [5.74, 6) is 0.315. The standard InChI is InChI=1S/C16H23N3O2/c1-19(11-12-4-2-3-5-12)15(20)10-18-16(21)13-6-8-14(17)9-7-13/h6-9,12H,2-5,10-11,17H2,1H3,(H,18,21).